The van der Waals surface area contributed by atoms with Gasteiger partial charge in [0.2, 0.25) is 5.91 Å². The lowest BCUT2D eigenvalue weighted by Gasteiger charge is -2.08. The standard InChI is InChI=1S/C11H13NO5S/c1-8(11(14)15)18(16,17)7-10(13)12-9-5-3-2-4-6-9/h2-6,8H,7H2,1H3,(H,12,13)(H,14,15). The number of nitrogens with one attached hydrogen (secondary N) is 1. The molecule has 0 aliphatic carbocycles. The Kier molecular flexibility index (Phi) is 4.43. The molecular weight excluding hydrogens is 258 g/mol. The van der Waals surface area contributed by atoms with Crippen molar-refractivity contribution in [3.8, 4) is 0 Å². The Labute approximate surface area is 105 Å². The van der Waals surface area contributed by atoms with Crippen LogP contribution >= 0.6 is 0 Å². The van der Waals surface area contributed by atoms with Crippen molar-refractivity contribution >= 4 is 27.4 Å². The van der Waals surface area contributed by atoms with Crippen LogP contribution in [0.15, 0.2) is 30.3 Å². The van der Waals surface area contributed by atoms with Crippen LogP contribution in [0.4, 0.5) is 5.69 Å². The van der Waals surface area contributed by atoms with E-state index >= 15 is 0 Å². The minimum absolute atomic E-state index is 0.459. The van der Waals surface area contributed by atoms with E-state index in [0.29, 0.717) is 5.69 Å². The van der Waals surface area contributed by atoms with Crippen LogP contribution in [0, 0.1) is 0 Å². The van der Waals surface area contributed by atoms with Crippen LogP contribution in [0.1, 0.15) is 6.92 Å². The Bertz CT molecular complexity index is 538. The third-order valence-corrected chi connectivity index (χ3v) is 4.22. The maximum Gasteiger partial charge on any atom is 0.321 e. The first-order chi connectivity index (χ1) is 8.33. The molecule has 0 aliphatic rings. The zero-order valence-electron chi connectivity index (χ0n) is 9.66. The number of rotatable bonds is 5. The summed E-state index contributed by atoms with van der Waals surface area (Å²) in [6, 6.07) is 8.32. The van der Waals surface area contributed by atoms with Gasteiger partial charge in [-0.1, -0.05) is 18.2 Å². The molecule has 98 valence electrons. The van der Waals surface area contributed by atoms with Crippen LogP contribution in [0.5, 0.6) is 0 Å². The quantitative estimate of drug-likeness (QED) is 0.812. The van der Waals surface area contributed by atoms with Gasteiger partial charge >= 0.3 is 5.97 Å². The van der Waals surface area contributed by atoms with Gasteiger partial charge in [-0.2, -0.15) is 0 Å². The Morgan fingerprint density at radius 2 is 1.83 bits per heavy atom. The van der Waals surface area contributed by atoms with Crippen LogP contribution in [-0.4, -0.2) is 36.4 Å². The fraction of sp³-hybridized carbons (Fsp3) is 0.273. The number of carboxylic acid groups (broad SMARTS) is 1. The minimum Gasteiger partial charge on any atom is -0.480 e. The molecule has 1 aromatic rings. The number of carboxylic acids is 1. The summed E-state index contributed by atoms with van der Waals surface area (Å²) in [7, 11) is -3.99. The van der Waals surface area contributed by atoms with E-state index in [1.54, 1.807) is 30.3 Å². The molecule has 7 heteroatoms. The van der Waals surface area contributed by atoms with Crippen molar-refractivity contribution in [2.24, 2.45) is 0 Å². The number of hydrogen-bond acceptors (Lipinski definition) is 4. The fourth-order valence-electron chi connectivity index (χ4n) is 1.18. The van der Waals surface area contributed by atoms with Gasteiger partial charge in [-0.25, -0.2) is 8.42 Å². The first kappa shape index (κ1) is 14.2. The van der Waals surface area contributed by atoms with Gasteiger partial charge in [0, 0.05) is 5.69 Å². The van der Waals surface area contributed by atoms with Gasteiger partial charge in [0.25, 0.3) is 0 Å². The second-order valence-corrected chi connectivity index (χ2v) is 6.02. The number of hydrogen-bond donors (Lipinski definition) is 2. The van der Waals surface area contributed by atoms with Crippen LogP contribution in [0.2, 0.25) is 0 Å². The molecule has 1 amide bonds. The van der Waals surface area contributed by atoms with Crippen molar-refractivity contribution in [3.05, 3.63) is 30.3 Å². The number of aliphatic carboxylic acids is 1. The summed E-state index contributed by atoms with van der Waals surface area (Å²) < 4.78 is 23.1. The largest absolute Gasteiger partial charge is 0.480 e. The molecule has 0 bridgehead atoms. The Morgan fingerprint density at radius 1 is 1.28 bits per heavy atom. The number of amides is 1. The highest BCUT2D eigenvalue weighted by Crippen LogP contribution is 2.07. The topological polar surface area (TPSA) is 101 Å². The molecule has 0 fully saturated rings. The zero-order chi connectivity index (χ0) is 13.8. The van der Waals surface area contributed by atoms with Gasteiger partial charge in [-0.15, -0.1) is 0 Å². The summed E-state index contributed by atoms with van der Waals surface area (Å²) in [6.07, 6.45) is 0. The van der Waals surface area contributed by atoms with Gasteiger partial charge in [0.1, 0.15) is 5.75 Å². The van der Waals surface area contributed by atoms with E-state index in [0.717, 1.165) is 6.92 Å². The molecule has 0 aromatic heterocycles. The average Bonchev–Trinajstić information content (AvgIpc) is 2.28. The zero-order valence-corrected chi connectivity index (χ0v) is 10.5. The third-order valence-electron chi connectivity index (χ3n) is 2.28. The van der Waals surface area contributed by atoms with Crippen molar-refractivity contribution in [1.29, 1.82) is 0 Å². The molecule has 0 heterocycles. The van der Waals surface area contributed by atoms with E-state index in [-0.39, 0.29) is 0 Å². The van der Waals surface area contributed by atoms with E-state index < -0.39 is 32.7 Å². The first-order valence-electron chi connectivity index (χ1n) is 5.12. The summed E-state index contributed by atoms with van der Waals surface area (Å²) in [5, 5.41) is 9.39. The number of carbonyl (C=O) groups excluding carboxylic acids is 1. The van der Waals surface area contributed by atoms with Crippen molar-refractivity contribution in [2.75, 3.05) is 11.1 Å². The van der Waals surface area contributed by atoms with Crippen molar-refractivity contribution in [3.63, 3.8) is 0 Å². The van der Waals surface area contributed by atoms with Crippen LogP contribution < -0.4 is 5.32 Å². The number of carbonyl (C=O) groups is 2. The normalized spacial score (nSPS) is 12.7. The second kappa shape index (κ2) is 5.63. The van der Waals surface area contributed by atoms with E-state index in [4.69, 9.17) is 5.11 Å². The highest BCUT2D eigenvalue weighted by Gasteiger charge is 2.29. The van der Waals surface area contributed by atoms with Crippen molar-refractivity contribution in [1.82, 2.24) is 0 Å². The minimum atomic E-state index is -3.99. The third kappa shape index (κ3) is 3.85. The summed E-state index contributed by atoms with van der Waals surface area (Å²) in [5.74, 6) is -3.08. The van der Waals surface area contributed by atoms with E-state index in [1.165, 1.54) is 0 Å². The van der Waals surface area contributed by atoms with Gasteiger partial charge in [-0.05, 0) is 19.1 Å². The molecule has 0 spiro atoms. The molecule has 6 nitrogen and oxygen atoms in total. The molecule has 0 saturated heterocycles. The maximum atomic E-state index is 11.5. The smallest absolute Gasteiger partial charge is 0.321 e. The Hall–Kier alpha value is -1.89. The number of para-hydroxylation sites is 1. The SMILES string of the molecule is CC(C(=O)O)S(=O)(=O)CC(=O)Nc1ccccc1. The maximum absolute atomic E-state index is 11.5. The van der Waals surface area contributed by atoms with Crippen molar-refractivity contribution in [2.45, 2.75) is 12.2 Å². The van der Waals surface area contributed by atoms with Crippen LogP contribution in [-0.2, 0) is 19.4 Å². The lowest BCUT2D eigenvalue weighted by molar-refractivity contribution is -0.136. The molecule has 0 radical (unpaired) electrons. The molecule has 2 N–H and O–H groups in total. The predicted octanol–water partition coefficient (Wildman–Crippen LogP) is 0.513. The summed E-state index contributed by atoms with van der Waals surface area (Å²) >= 11 is 0. The number of anilines is 1. The van der Waals surface area contributed by atoms with Crippen molar-refractivity contribution < 1.29 is 23.1 Å². The molecule has 18 heavy (non-hydrogen) atoms. The van der Waals surface area contributed by atoms with Gasteiger partial charge in [-0.3, -0.25) is 9.59 Å². The Balaban J connectivity index is 2.69. The molecule has 1 aromatic carbocycles. The average molecular weight is 271 g/mol. The van der Waals surface area contributed by atoms with Crippen LogP contribution in [0.3, 0.4) is 0 Å². The highest BCUT2D eigenvalue weighted by molar-refractivity contribution is 7.93. The molecule has 0 saturated carbocycles. The lowest BCUT2D eigenvalue weighted by atomic mass is 10.3. The van der Waals surface area contributed by atoms with Gasteiger partial charge in [0.15, 0.2) is 15.1 Å². The van der Waals surface area contributed by atoms with Gasteiger partial charge < -0.3 is 10.4 Å². The molecule has 1 rings (SSSR count). The monoisotopic (exact) mass is 271 g/mol. The summed E-state index contributed by atoms with van der Waals surface area (Å²) in [6.45, 7) is 1.04. The van der Waals surface area contributed by atoms with E-state index in [2.05, 4.69) is 5.32 Å². The molecular formula is C11H13NO5S. The molecule has 1 unspecified atom stereocenters. The highest BCUT2D eigenvalue weighted by atomic mass is 32.2. The molecule has 1 atom stereocenters. The first-order valence-corrected chi connectivity index (χ1v) is 6.84. The fourth-order valence-corrected chi connectivity index (χ4v) is 2.17. The van der Waals surface area contributed by atoms with E-state index in [9.17, 15) is 18.0 Å². The second-order valence-electron chi connectivity index (χ2n) is 3.70. The van der Waals surface area contributed by atoms with Crippen LogP contribution in [0.25, 0.3) is 0 Å². The predicted molar refractivity (Wildman–Crippen MR) is 66.0 cm³/mol. The van der Waals surface area contributed by atoms with Gasteiger partial charge in [0.05, 0.1) is 0 Å². The summed E-state index contributed by atoms with van der Waals surface area (Å²) in [4.78, 5) is 22.0. The number of benzene rings is 1. The molecule has 0 aliphatic heterocycles. The van der Waals surface area contributed by atoms with E-state index in [1.807, 2.05) is 0 Å². The Morgan fingerprint density at radius 3 is 2.33 bits per heavy atom. The number of sulfone groups is 1. The summed E-state index contributed by atoms with van der Waals surface area (Å²) in [5.41, 5.74) is 0.459. The lowest BCUT2D eigenvalue weighted by Crippen LogP contribution is -2.34.